The number of hydrogen-bond donors (Lipinski definition) is 1. The van der Waals surface area contributed by atoms with Gasteiger partial charge in [-0.3, -0.25) is 0 Å². The molecule has 0 heterocycles. The molecular formula is C13H18ClN. The van der Waals surface area contributed by atoms with Gasteiger partial charge >= 0.3 is 0 Å². The van der Waals surface area contributed by atoms with Gasteiger partial charge in [0.2, 0.25) is 0 Å². The van der Waals surface area contributed by atoms with Crippen LogP contribution < -0.4 is 5.32 Å². The van der Waals surface area contributed by atoms with Crippen LogP contribution in [0.4, 0.5) is 0 Å². The van der Waals surface area contributed by atoms with Crippen LogP contribution in [0, 0.1) is 6.92 Å². The lowest BCUT2D eigenvalue weighted by Crippen LogP contribution is -2.20. The third kappa shape index (κ3) is 3.37. The summed E-state index contributed by atoms with van der Waals surface area (Å²) < 4.78 is 0. The van der Waals surface area contributed by atoms with Crippen LogP contribution in [0.15, 0.2) is 30.9 Å². The zero-order valence-corrected chi connectivity index (χ0v) is 10.1. The average molecular weight is 224 g/mol. The van der Waals surface area contributed by atoms with Crippen molar-refractivity contribution in [2.75, 3.05) is 6.54 Å². The van der Waals surface area contributed by atoms with Gasteiger partial charge in [0, 0.05) is 5.02 Å². The molecule has 0 saturated heterocycles. The minimum atomic E-state index is 0.197. The smallest absolute Gasteiger partial charge is 0.0504 e. The highest BCUT2D eigenvalue weighted by molar-refractivity contribution is 6.31. The predicted octanol–water partition coefficient (Wildman–Crippen LogP) is 3.88. The number of benzene rings is 1. The van der Waals surface area contributed by atoms with Crippen molar-refractivity contribution >= 4 is 11.6 Å². The van der Waals surface area contributed by atoms with E-state index in [4.69, 9.17) is 11.6 Å². The van der Waals surface area contributed by atoms with Crippen LogP contribution in [-0.2, 0) is 0 Å². The largest absolute Gasteiger partial charge is 0.307 e. The molecule has 1 rings (SSSR count). The number of aryl methyl sites for hydroxylation is 1. The highest BCUT2D eigenvalue weighted by atomic mass is 35.5. The van der Waals surface area contributed by atoms with E-state index in [0.29, 0.717) is 0 Å². The third-order valence-electron chi connectivity index (χ3n) is 2.40. The highest BCUT2D eigenvalue weighted by Gasteiger charge is 2.07. The first-order valence-electron chi connectivity index (χ1n) is 5.31. The molecule has 1 unspecified atom stereocenters. The Hall–Kier alpha value is -0.790. The summed E-state index contributed by atoms with van der Waals surface area (Å²) in [7, 11) is 0. The molecule has 0 fully saturated rings. The zero-order valence-electron chi connectivity index (χ0n) is 9.39. The average Bonchev–Trinajstić information content (AvgIpc) is 2.24. The Morgan fingerprint density at radius 2 is 2.27 bits per heavy atom. The minimum absolute atomic E-state index is 0.197. The van der Waals surface area contributed by atoms with Crippen LogP contribution in [0.2, 0.25) is 5.02 Å². The van der Waals surface area contributed by atoms with E-state index < -0.39 is 0 Å². The molecule has 1 atom stereocenters. The fourth-order valence-corrected chi connectivity index (χ4v) is 1.63. The first-order valence-corrected chi connectivity index (χ1v) is 5.68. The molecule has 1 aromatic rings. The van der Waals surface area contributed by atoms with Crippen molar-refractivity contribution in [2.24, 2.45) is 0 Å². The van der Waals surface area contributed by atoms with Crippen molar-refractivity contribution in [3.8, 4) is 0 Å². The molecule has 0 amide bonds. The summed E-state index contributed by atoms with van der Waals surface area (Å²) in [5, 5.41) is 4.22. The molecule has 1 nitrogen and oxygen atoms in total. The van der Waals surface area contributed by atoms with Crippen LogP contribution in [0.25, 0.3) is 0 Å². The van der Waals surface area contributed by atoms with Crippen molar-refractivity contribution in [1.82, 2.24) is 5.32 Å². The van der Waals surface area contributed by atoms with Gasteiger partial charge in [0.05, 0.1) is 6.04 Å². The van der Waals surface area contributed by atoms with E-state index in [2.05, 4.69) is 24.9 Å². The SMILES string of the molecule is C=CC(NCCC)c1ccc(C)c(Cl)c1. The summed E-state index contributed by atoms with van der Waals surface area (Å²) >= 11 is 6.09. The molecule has 82 valence electrons. The zero-order chi connectivity index (χ0) is 11.3. The van der Waals surface area contributed by atoms with Gasteiger partial charge in [0.25, 0.3) is 0 Å². The standard InChI is InChI=1S/C13H18ClN/c1-4-8-15-13(5-2)11-7-6-10(3)12(14)9-11/h5-7,9,13,15H,2,4,8H2,1,3H3. The van der Waals surface area contributed by atoms with E-state index >= 15 is 0 Å². The lowest BCUT2D eigenvalue weighted by molar-refractivity contribution is 0.613. The molecular weight excluding hydrogens is 206 g/mol. The molecule has 0 saturated carbocycles. The summed E-state index contributed by atoms with van der Waals surface area (Å²) in [5.41, 5.74) is 2.28. The van der Waals surface area contributed by atoms with E-state index in [0.717, 1.165) is 23.6 Å². The van der Waals surface area contributed by atoms with E-state index in [1.165, 1.54) is 5.56 Å². The van der Waals surface area contributed by atoms with E-state index in [1.54, 1.807) is 0 Å². The Labute approximate surface area is 97.1 Å². The Kier molecular flexibility index (Phi) is 4.86. The fourth-order valence-electron chi connectivity index (χ4n) is 1.44. The molecule has 0 aromatic heterocycles. The predicted molar refractivity (Wildman–Crippen MR) is 67.4 cm³/mol. The van der Waals surface area contributed by atoms with Crippen molar-refractivity contribution in [1.29, 1.82) is 0 Å². The Morgan fingerprint density at radius 1 is 1.53 bits per heavy atom. The molecule has 2 heteroatoms. The van der Waals surface area contributed by atoms with Gasteiger partial charge < -0.3 is 5.32 Å². The minimum Gasteiger partial charge on any atom is -0.307 e. The quantitative estimate of drug-likeness (QED) is 0.748. The molecule has 1 N–H and O–H groups in total. The van der Waals surface area contributed by atoms with Crippen LogP contribution >= 0.6 is 11.6 Å². The molecule has 0 aliphatic rings. The normalized spacial score (nSPS) is 12.5. The first-order chi connectivity index (χ1) is 7.19. The van der Waals surface area contributed by atoms with Crippen LogP contribution in [0.1, 0.15) is 30.5 Å². The lowest BCUT2D eigenvalue weighted by atomic mass is 10.1. The molecule has 0 radical (unpaired) electrons. The van der Waals surface area contributed by atoms with Gasteiger partial charge in [-0.05, 0) is 37.1 Å². The summed E-state index contributed by atoms with van der Waals surface area (Å²) in [6, 6.07) is 6.34. The van der Waals surface area contributed by atoms with Crippen LogP contribution in [0.3, 0.4) is 0 Å². The Morgan fingerprint density at radius 3 is 2.80 bits per heavy atom. The van der Waals surface area contributed by atoms with Crippen LogP contribution in [-0.4, -0.2) is 6.54 Å². The van der Waals surface area contributed by atoms with E-state index in [-0.39, 0.29) is 6.04 Å². The second-order valence-corrected chi connectivity index (χ2v) is 4.08. The molecule has 1 aromatic carbocycles. The summed E-state index contributed by atoms with van der Waals surface area (Å²) in [5.74, 6) is 0. The highest BCUT2D eigenvalue weighted by Crippen LogP contribution is 2.21. The van der Waals surface area contributed by atoms with Crippen molar-refractivity contribution in [3.63, 3.8) is 0 Å². The molecule has 0 spiro atoms. The monoisotopic (exact) mass is 223 g/mol. The van der Waals surface area contributed by atoms with Crippen LogP contribution in [0.5, 0.6) is 0 Å². The molecule has 15 heavy (non-hydrogen) atoms. The van der Waals surface area contributed by atoms with E-state index in [9.17, 15) is 0 Å². The summed E-state index contributed by atoms with van der Waals surface area (Å²) in [4.78, 5) is 0. The van der Waals surface area contributed by atoms with Gasteiger partial charge in [0.15, 0.2) is 0 Å². The number of halogens is 1. The van der Waals surface area contributed by atoms with Gasteiger partial charge in [-0.1, -0.05) is 36.7 Å². The number of hydrogen-bond acceptors (Lipinski definition) is 1. The summed E-state index contributed by atoms with van der Waals surface area (Å²) in [6.07, 6.45) is 3.03. The lowest BCUT2D eigenvalue weighted by Gasteiger charge is -2.15. The maximum absolute atomic E-state index is 6.09. The van der Waals surface area contributed by atoms with Gasteiger partial charge in [-0.2, -0.15) is 0 Å². The number of nitrogens with one attached hydrogen (secondary N) is 1. The molecule has 0 aliphatic carbocycles. The number of rotatable bonds is 5. The second-order valence-electron chi connectivity index (χ2n) is 3.68. The first kappa shape index (κ1) is 12.3. The van der Waals surface area contributed by atoms with Gasteiger partial charge in [0.1, 0.15) is 0 Å². The van der Waals surface area contributed by atoms with Crippen molar-refractivity contribution in [2.45, 2.75) is 26.3 Å². The van der Waals surface area contributed by atoms with E-state index in [1.807, 2.05) is 25.1 Å². The van der Waals surface area contributed by atoms with Crippen molar-refractivity contribution < 1.29 is 0 Å². The van der Waals surface area contributed by atoms with Gasteiger partial charge in [-0.25, -0.2) is 0 Å². The Balaban J connectivity index is 2.82. The Bertz CT molecular complexity index is 333. The maximum Gasteiger partial charge on any atom is 0.0504 e. The third-order valence-corrected chi connectivity index (χ3v) is 2.81. The van der Waals surface area contributed by atoms with Gasteiger partial charge in [-0.15, -0.1) is 6.58 Å². The molecule has 0 bridgehead atoms. The topological polar surface area (TPSA) is 12.0 Å². The fraction of sp³-hybridized carbons (Fsp3) is 0.385. The molecule has 0 aliphatic heterocycles. The van der Waals surface area contributed by atoms with Crippen molar-refractivity contribution in [3.05, 3.63) is 47.0 Å². The maximum atomic E-state index is 6.09. The second kappa shape index (κ2) is 5.94. The summed E-state index contributed by atoms with van der Waals surface area (Å²) in [6.45, 7) is 8.98.